The Morgan fingerprint density at radius 3 is 2.33 bits per heavy atom. The van der Waals surface area contributed by atoms with Crippen LogP contribution in [0.4, 0.5) is 4.79 Å². The smallest absolute Gasteiger partial charge is 0.410 e. The Balaban J connectivity index is 2.28. The summed E-state index contributed by atoms with van der Waals surface area (Å²) in [4.78, 5) is 30.5. The van der Waals surface area contributed by atoms with E-state index in [4.69, 9.17) is 14.5 Å². The Bertz CT molecular complexity index is 957. The minimum Gasteiger partial charge on any atom is -0.468 e. The zero-order chi connectivity index (χ0) is 22.7. The number of hydrogen-bond acceptors (Lipinski definition) is 5. The van der Waals surface area contributed by atoms with E-state index in [0.717, 1.165) is 22.2 Å². The molecule has 1 heterocycles. The predicted octanol–water partition coefficient (Wildman–Crippen LogP) is 5.38. The lowest BCUT2D eigenvalue weighted by Crippen LogP contribution is -2.36. The van der Waals surface area contributed by atoms with Gasteiger partial charge in [0, 0.05) is 12.4 Å². The summed E-state index contributed by atoms with van der Waals surface area (Å²) < 4.78 is 10.3. The topological polar surface area (TPSA) is 68.7 Å². The largest absolute Gasteiger partial charge is 0.468 e. The van der Waals surface area contributed by atoms with Gasteiger partial charge in [-0.05, 0) is 59.2 Å². The van der Waals surface area contributed by atoms with E-state index < -0.39 is 17.1 Å². The molecule has 1 aromatic heterocycles. The van der Waals surface area contributed by atoms with Gasteiger partial charge in [0.2, 0.25) is 0 Å². The first-order chi connectivity index (χ1) is 13.8. The van der Waals surface area contributed by atoms with Gasteiger partial charge in [-0.25, -0.2) is 4.79 Å². The van der Waals surface area contributed by atoms with Crippen molar-refractivity contribution in [2.45, 2.75) is 53.2 Å². The number of benzene rings is 1. The second kappa shape index (κ2) is 8.86. The molecule has 30 heavy (non-hydrogen) atoms. The van der Waals surface area contributed by atoms with Crippen LogP contribution in [0.2, 0.25) is 0 Å². The maximum atomic E-state index is 12.4. The SMILES string of the molecule is COC(=O)C(C)(C)C=Cc1ccc2ccc(C(C)N(C)C(=O)OC(C)(C)C)nc2c1. The highest BCUT2D eigenvalue weighted by molar-refractivity contribution is 5.83. The molecule has 0 fully saturated rings. The Morgan fingerprint density at radius 2 is 1.73 bits per heavy atom. The number of carbonyl (C=O) groups excluding carboxylic acids is 2. The third-order valence-electron chi connectivity index (χ3n) is 4.83. The number of carbonyl (C=O) groups is 2. The molecule has 6 nitrogen and oxygen atoms in total. The van der Waals surface area contributed by atoms with Gasteiger partial charge in [-0.15, -0.1) is 0 Å². The molecule has 0 bridgehead atoms. The fraction of sp³-hybridized carbons (Fsp3) is 0.458. The summed E-state index contributed by atoms with van der Waals surface area (Å²) in [5.41, 5.74) is 1.24. The summed E-state index contributed by atoms with van der Waals surface area (Å²) in [6, 6.07) is 9.58. The average Bonchev–Trinajstić information content (AvgIpc) is 2.68. The molecule has 0 N–H and O–H groups in total. The summed E-state index contributed by atoms with van der Waals surface area (Å²) in [6.45, 7) is 11.1. The van der Waals surface area contributed by atoms with Gasteiger partial charge >= 0.3 is 12.1 Å². The molecule has 0 aliphatic carbocycles. The lowest BCUT2D eigenvalue weighted by Gasteiger charge is -2.28. The maximum absolute atomic E-state index is 12.4. The summed E-state index contributed by atoms with van der Waals surface area (Å²) >= 11 is 0. The molecule has 2 aromatic rings. The average molecular weight is 413 g/mol. The van der Waals surface area contributed by atoms with E-state index in [9.17, 15) is 9.59 Å². The highest BCUT2D eigenvalue weighted by Crippen LogP contribution is 2.25. The summed E-state index contributed by atoms with van der Waals surface area (Å²) in [5.74, 6) is -0.293. The number of ether oxygens (including phenoxy) is 2. The second-order valence-electron chi connectivity index (χ2n) is 9.00. The summed E-state index contributed by atoms with van der Waals surface area (Å²) in [6.07, 6.45) is 3.32. The maximum Gasteiger partial charge on any atom is 0.410 e. The number of methoxy groups -OCH3 is 1. The van der Waals surface area contributed by atoms with Crippen LogP contribution in [0, 0.1) is 5.41 Å². The van der Waals surface area contributed by atoms with Crippen molar-refractivity contribution in [2.24, 2.45) is 5.41 Å². The number of nitrogens with zero attached hydrogens (tertiary/aromatic N) is 2. The third-order valence-corrected chi connectivity index (χ3v) is 4.83. The Hall–Kier alpha value is -2.89. The molecular weight excluding hydrogens is 380 g/mol. The second-order valence-corrected chi connectivity index (χ2v) is 9.00. The molecule has 0 aliphatic heterocycles. The van der Waals surface area contributed by atoms with Crippen molar-refractivity contribution in [1.82, 2.24) is 9.88 Å². The van der Waals surface area contributed by atoms with Gasteiger partial charge < -0.3 is 14.4 Å². The van der Waals surface area contributed by atoms with Crippen molar-refractivity contribution in [2.75, 3.05) is 14.2 Å². The standard InChI is InChI=1S/C24H32N2O4/c1-16(26(7)22(28)30-23(2,3)4)19-12-11-18-10-9-17(15-20(18)25-19)13-14-24(5,6)21(27)29-8/h9-16H,1-8H3. The van der Waals surface area contributed by atoms with Crippen molar-refractivity contribution in [1.29, 1.82) is 0 Å². The molecule has 0 radical (unpaired) electrons. The molecule has 1 aromatic carbocycles. The number of amides is 1. The third kappa shape index (κ3) is 5.81. The highest BCUT2D eigenvalue weighted by Gasteiger charge is 2.26. The van der Waals surface area contributed by atoms with Gasteiger partial charge in [-0.2, -0.15) is 0 Å². The molecule has 2 rings (SSSR count). The number of esters is 1. The van der Waals surface area contributed by atoms with E-state index in [1.165, 1.54) is 7.11 Å². The molecule has 1 amide bonds. The Morgan fingerprint density at radius 1 is 1.10 bits per heavy atom. The summed E-state index contributed by atoms with van der Waals surface area (Å²) in [7, 11) is 3.09. The Labute approximate surface area is 178 Å². The molecule has 0 aliphatic rings. The predicted molar refractivity (Wildman–Crippen MR) is 119 cm³/mol. The quantitative estimate of drug-likeness (QED) is 0.617. The van der Waals surface area contributed by atoms with Crippen LogP contribution >= 0.6 is 0 Å². The van der Waals surface area contributed by atoms with Crippen LogP contribution in [-0.2, 0) is 14.3 Å². The minimum absolute atomic E-state index is 0.248. The summed E-state index contributed by atoms with van der Waals surface area (Å²) in [5, 5.41) is 0.996. The zero-order valence-electron chi connectivity index (χ0n) is 19.1. The normalized spacial score (nSPS) is 13.3. The zero-order valence-corrected chi connectivity index (χ0v) is 19.1. The molecule has 1 atom stereocenters. The van der Waals surface area contributed by atoms with Gasteiger partial charge in [0.05, 0.1) is 29.8 Å². The first kappa shape index (κ1) is 23.4. The highest BCUT2D eigenvalue weighted by atomic mass is 16.6. The van der Waals surface area contributed by atoms with Gasteiger partial charge in [-0.3, -0.25) is 9.78 Å². The number of rotatable bonds is 5. The van der Waals surface area contributed by atoms with Crippen molar-refractivity contribution in [3.63, 3.8) is 0 Å². The monoisotopic (exact) mass is 412 g/mol. The van der Waals surface area contributed by atoms with Crippen LogP contribution in [-0.4, -0.2) is 41.7 Å². The van der Waals surface area contributed by atoms with E-state index in [2.05, 4.69) is 0 Å². The molecule has 0 spiro atoms. The van der Waals surface area contributed by atoms with Crippen LogP contribution < -0.4 is 0 Å². The van der Waals surface area contributed by atoms with Crippen molar-refractivity contribution < 1.29 is 19.1 Å². The lowest BCUT2D eigenvalue weighted by molar-refractivity contribution is -0.148. The van der Waals surface area contributed by atoms with Gasteiger partial charge in [0.15, 0.2) is 0 Å². The fourth-order valence-corrected chi connectivity index (χ4v) is 2.81. The van der Waals surface area contributed by atoms with Crippen molar-refractivity contribution >= 4 is 29.0 Å². The van der Waals surface area contributed by atoms with Crippen LogP contribution in [0.3, 0.4) is 0 Å². The van der Waals surface area contributed by atoms with Crippen molar-refractivity contribution in [3.05, 3.63) is 47.7 Å². The fourth-order valence-electron chi connectivity index (χ4n) is 2.81. The minimum atomic E-state index is -0.719. The van der Waals surface area contributed by atoms with E-state index in [-0.39, 0.29) is 12.0 Å². The van der Waals surface area contributed by atoms with E-state index in [0.29, 0.717) is 0 Å². The molecular formula is C24H32N2O4. The van der Waals surface area contributed by atoms with Crippen molar-refractivity contribution in [3.8, 4) is 0 Å². The first-order valence-corrected chi connectivity index (χ1v) is 9.98. The van der Waals surface area contributed by atoms with E-state index in [1.807, 2.05) is 70.2 Å². The van der Waals surface area contributed by atoms with Crippen LogP contribution in [0.5, 0.6) is 0 Å². The number of fused-ring (bicyclic) bond motifs is 1. The number of aromatic nitrogens is 1. The Kier molecular flexibility index (Phi) is 6.91. The van der Waals surface area contributed by atoms with Gasteiger partial charge in [0.1, 0.15) is 5.60 Å². The molecule has 6 heteroatoms. The first-order valence-electron chi connectivity index (χ1n) is 9.98. The number of hydrogen-bond donors (Lipinski definition) is 0. The van der Waals surface area contributed by atoms with Gasteiger partial charge in [-0.1, -0.05) is 30.4 Å². The lowest BCUT2D eigenvalue weighted by atomic mass is 9.92. The van der Waals surface area contributed by atoms with Gasteiger partial charge in [0.25, 0.3) is 0 Å². The van der Waals surface area contributed by atoms with Crippen LogP contribution in [0.25, 0.3) is 17.0 Å². The van der Waals surface area contributed by atoms with Crippen LogP contribution in [0.15, 0.2) is 36.4 Å². The van der Waals surface area contributed by atoms with Crippen LogP contribution in [0.1, 0.15) is 58.8 Å². The molecule has 0 saturated carbocycles. The number of pyridine rings is 1. The molecule has 1 unspecified atom stereocenters. The van der Waals surface area contributed by atoms with E-state index >= 15 is 0 Å². The molecule has 162 valence electrons. The van der Waals surface area contributed by atoms with E-state index in [1.54, 1.807) is 25.8 Å². The molecule has 0 saturated heterocycles.